The molecule has 1 aliphatic heterocycles. The largest absolute Gasteiger partial charge is 0.507 e. The lowest BCUT2D eigenvalue weighted by molar-refractivity contribution is -0.132. The molecule has 0 saturated carbocycles. The Labute approximate surface area is 233 Å². The molecule has 0 spiro atoms. The van der Waals surface area contributed by atoms with Crippen LogP contribution in [-0.2, 0) is 15.3 Å². The third kappa shape index (κ3) is 5.17. The first-order valence-corrected chi connectivity index (χ1v) is 13.5. The summed E-state index contributed by atoms with van der Waals surface area (Å²) in [6.45, 7) is 0. The molecule has 0 radical (unpaired) electrons. The normalized spacial score (nSPS) is 16.8. The predicted octanol–water partition coefficient (Wildman–Crippen LogP) is 7.04. The number of rotatable bonds is 6. The summed E-state index contributed by atoms with van der Waals surface area (Å²) in [5.74, 6) is -2.97. The molecule has 0 bridgehead atoms. The highest BCUT2D eigenvalue weighted by Gasteiger charge is 2.48. The number of aliphatic hydroxyl groups is 1. The van der Waals surface area contributed by atoms with E-state index in [4.69, 9.17) is 23.2 Å². The number of hydrogen-bond donors (Lipinski definition) is 1. The van der Waals surface area contributed by atoms with Crippen molar-refractivity contribution in [3.63, 3.8) is 0 Å². The fourth-order valence-corrected chi connectivity index (χ4v) is 6.32. The lowest BCUT2D eigenvalue weighted by Crippen LogP contribution is -2.29. The van der Waals surface area contributed by atoms with E-state index in [1.807, 2.05) is 0 Å². The van der Waals surface area contributed by atoms with E-state index in [0.717, 1.165) is 33.9 Å². The van der Waals surface area contributed by atoms with Crippen LogP contribution in [0.5, 0.6) is 0 Å². The number of carbonyl (C=O) groups excluding carboxylic acids is 2. The number of nitrogens with zero attached hydrogens (tertiary/aromatic N) is 3. The molecule has 0 aliphatic carbocycles. The van der Waals surface area contributed by atoms with Crippen molar-refractivity contribution >= 4 is 68.9 Å². The van der Waals surface area contributed by atoms with Gasteiger partial charge in [-0.3, -0.25) is 14.5 Å². The number of aromatic nitrogens is 2. The summed E-state index contributed by atoms with van der Waals surface area (Å²) in [7, 11) is 0. The highest BCUT2D eigenvalue weighted by Crippen LogP contribution is 2.44. The first-order chi connectivity index (χ1) is 18.2. The van der Waals surface area contributed by atoms with Crippen LogP contribution in [0, 0.1) is 11.6 Å². The van der Waals surface area contributed by atoms with E-state index < -0.39 is 35.1 Å². The van der Waals surface area contributed by atoms with Crippen LogP contribution in [-0.4, -0.2) is 27.0 Å². The van der Waals surface area contributed by atoms with Gasteiger partial charge in [-0.15, -0.1) is 10.2 Å². The van der Waals surface area contributed by atoms with Crippen molar-refractivity contribution in [2.24, 2.45) is 0 Å². The molecule has 38 heavy (non-hydrogen) atoms. The van der Waals surface area contributed by atoms with Crippen LogP contribution in [0.1, 0.15) is 22.7 Å². The highest BCUT2D eigenvalue weighted by molar-refractivity contribution is 8.00. The van der Waals surface area contributed by atoms with Crippen molar-refractivity contribution in [1.29, 1.82) is 0 Å². The number of carbonyl (C=O) groups is 2. The topological polar surface area (TPSA) is 83.4 Å². The molecule has 3 aromatic carbocycles. The Hall–Kier alpha value is -3.31. The fraction of sp³-hybridized carbons (Fsp3) is 0.0769. The number of ketones is 1. The average Bonchev–Trinajstić information content (AvgIpc) is 3.46. The molecule has 1 N–H and O–H groups in total. The van der Waals surface area contributed by atoms with Gasteiger partial charge in [-0.05, 0) is 59.7 Å². The van der Waals surface area contributed by atoms with E-state index in [9.17, 15) is 23.5 Å². The van der Waals surface area contributed by atoms with Gasteiger partial charge in [0.2, 0.25) is 5.13 Å². The van der Waals surface area contributed by atoms with Crippen LogP contribution in [0.2, 0.25) is 10.0 Å². The maximum absolute atomic E-state index is 13.7. The standard InChI is InChI=1S/C26H15Cl2F2N3O3S2/c27-16-6-1-15(19(28)11-16)12-37-26-32-31-25(38-26)33-21(13-2-7-17(29)8-3-13)20(23(35)24(33)36)22(34)14-4-9-18(30)10-5-14/h1-11,21,34H,12H2/b22-20-. The Balaban J connectivity index is 1.52. The number of aliphatic hydroxyl groups excluding tert-OH is 1. The van der Waals surface area contributed by atoms with Crippen molar-refractivity contribution in [2.45, 2.75) is 16.1 Å². The van der Waals surface area contributed by atoms with Crippen LogP contribution in [0.4, 0.5) is 13.9 Å². The molecule has 192 valence electrons. The molecule has 4 aromatic rings. The first kappa shape index (κ1) is 26.3. The summed E-state index contributed by atoms with van der Waals surface area (Å²) >= 11 is 14.6. The number of anilines is 1. The number of amides is 1. The minimum absolute atomic E-state index is 0.115. The molecule has 2 heterocycles. The van der Waals surface area contributed by atoms with Gasteiger partial charge < -0.3 is 5.11 Å². The summed E-state index contributed by atoms with van der Waals surface area (Å²) in [6, 6.07) is 14.1. The Kier molecular flexibility index (Phi) is 7.49. The predicted molar refractivity (Wildman–Crippen MR) is 144 cm³/mol. The first-order valence-electron chi connectivity index (χ1n) is 11.0. The smallest absolute Gasteiger partial charge is 0.301 e. The zero-order chi connectivity index (χ0) is 27.0. The van der Waals surface area contributed by atoms with Crippen molar-refractivity contribution in [3.8, 4) is 0 Å². The molecule has 5 rings (SSSR count). The van der Waals surface area contributed by atoms with E-state index in [-0.39, 0.29) is 16.3 Å². The van der Waals surface area contributed by atoms with Crippen LogP contribution >= 0.6 is 46.3 Å². The molecular weight excluding hydrogens is 575 g/mol. The average molecular weight is 590 g/mol. The third-order valence-electron chi connectivity index (χ3n) is 5.72. The van der Waals surface area contributed by atoms with E-state index in [1.54, 1.807) is 18.2 Å². The lowest BCUT2D eigenvalue weighted by atomic mass is 9.95. The van der Waals surface area contributed by atoms with Crippen molar-refractivity contribution in [3.05, 3.63) is 111 Å². The summed E-state index contributed by atoms with van der Waals surface area (Å²) in [4.78, 5) is 27.5. The molecule has 12 heteroatoms. The lowest BCUT2D eigenvalue weighted by Gasteiger charge is -2.22. The number of hydrogen-bond acceptors (Lipinski definition) is 7. The molecule has 1 atom stereocenters. The molecule has 1 saturated heterocycles. The van der Waals surface area contributed by atoms with Crippen LogP contribution in [0.15, 0.2) is 76.6 Å². The van der Waals surface area contributed by atoms with Crippen LogP contribution < -0.4 is 4.90 Å². The van der Waals surface area contributed by atoms with Gasteiger partial charge in [0.05, 0.1) is 11.6 Å². The Morgan fingerprint density at radius 2 is 1.63 bits per heavy atom. The number of benzene rings is 3. The molecular formula is C26H15Cl2F2N3O3S2. The molecule has 6 nitrogen and oxygen atoms in total. The second kappa shape index (κ2) is 10.8. The number of thioether (sulfide) groups is 1. The van der Waals surface area contributed by atoms with Crippen molar-refractivity contribution < 1.29 is 23.5 Å². The fourth-order valence-electron chi connectivity index (χ4n) is 3.89. The maximum Gasteiger partial charge on any atom is 0.301 e. The Morgan fingerprint density at radius 1 is 0.974 bits per heavy atom. The summed E-state index contributed by atoms with van der Waals surface area (Å²) in [6.07, 6.45) is 0. The summed E-state index contributed by atoms with van der Waals surface area (Å²) in [5.41, 5.74) is 1.10. The molecule has 1 aliphatic rings. The highest BCUT2D eigenvalue weighted by atomic mass is 35.5. The number of halogens is 4. The van der Waals surface area contributed by atoms with Gasteiger partial charge >= 0.3 is 5.91 Å². The van der Waals surface area contributed by atoms with E-state index >= 15 is 0 Å². The van der Waals surface area contributed by atoms with Crippen LogP contribution in [0.25, 0.3) is 5.76 Å². The zero-order valence-corrected chi connectivity index (χ0v) is 22.2. The Bertz CT molecular complexity index is 1580. The van der Waals surface area contributed by atoms with Crippen molar-refractivity contribution in [2.75, 3.05) is 4.90 Å². The van der Waals surface area contributed by atoms with Gasteiger partial charge in [0.15, 0.2) is 4.34 Å². The maximum atomic E-state index is 13.7. The van der Waals surface area contributed by atoms with Crippen LogP contribution in [0.3, 0.4) is 0 Å². The molecule has 1 unspecified atom stereocenters. The van der Waals surface area contributed by atoms with Gasteiger partial charge in [0.1, 0.15) is 17.4 Å². The van der Waals surface area contributed by atoms with E-state index in [0.29, 0.717) is 25.7 Å². The second-order valence-corrected chi connectivity index (χ2v) is 11.1. The Morgan fingerprint density at radius 3 is 2.29 bits per heavy atom. The monoisotopic (exact) mass is 589 g/mol. The minimum Gasteiger partial charge on any atom is -0.507 e. The second-order valence-electron chi connectivity index (χ2n) is 8.10. The van der Waals surface area contributed by atoms with E-state index in [1.165, 1.54) is 48.2 Å². The SMILES string of the molecule is O=C1C(=O)N(c2nnc(SCc3ccc(Cl)cc3Cl)s2)C(c2ccc(F)cc2)/C1=C(/O)c1ccc(F)cc1. The van der Waals surface area contributed by atoms with E-state index in [2.05, 4.69) is 10.2 Å². The quantitative estimate of drug-likeness (QED) is 0.0853. The molecule has 1 aromatic heterocycles. The van der Waals surface area contributed by atoms with Gasteiger partial charge in [-0.1, -0.05) is 64.5 Å². The van der Waals surface area contributed by atoms with Gasteiger partial charge in [0.25, 0.3) is 5.78 Å². The van der Waals surface area contributed by atoms with Crippen molar-refractivity contribution in [1.82, 2.24) is 10.2 Å². The summed E-state index contributed by atoms with van der Waals surface area (Å²) < 4.78 is 27.7. The van der Waals surface area contributed by atoms with Gasteiger partial charge in [-0.2, -0.15) is 0 Å². The molecule has 1 fully saturated rings. The number of Topliss-reactive ketones (excluding diaryl/α,β-unsaturated/α-hetero) is 1. The minimum atomic E-state index is -1.11. The zero-order valence-electron chi connectivity index (χ0n) is 19.1. The van der Waals surface area contributed by atoms with Gasteiger partial charge in [0, 0.05) is 21.4 Å². The third-order valence-corrected chi connectivity index (χ3v) is 8.41. The molecule has 1 amide bonds. The summed E-state index contributed by atoms with van der Waals surface area (Å²) in [5, 5.41) is 20.4. The van der Waals surface area contributed by atoms with Gasteiger partial charge in [-0.25, -0.2) is 8.78 Å².